The summed E-state index contributed by atoms with van der Waals surface area (Å²) in [6.45, 7) is 0. The summed E-state index contributed by atoms with van der Waals surface area (Å²) < 4.78 is 23.4. The number of unbranched alkanes of at least 4 members (excludes halogenated alkanes) is 1. The number of carbonyl (C=O) groups excluding carboxylic acids is 1. The minimum absolute atomic E-state index is 0.00125. The second-order valence-corrected chi connectivity index (χ2v) is 3.82. The van der Waals surface area contributed by atoms with E-state index in [0.29, 0.717) is 6.42 Å². The molecule has 4 nitrogen and oxygen atoms in total. The molecular formula is C5H10NO3S. The number of sulfonamides is 1. The third-order valence-corrected chi connectivity index (χ3v) is 2.45. The van der Waals surface area contributed by atoms with Crippen LogP contribution in [0, 0.1) is 0 Å². The third-order valence-electron chi connectivity index (χ3n) is 1.00. The molecule has 0 atom stereocenters. The lowest BCUT2D eigenvalue weighted by molar-refractivity contribution is 0.549. The highest BCUT2D eigenvalue weighted by Crippen LogP contribution is 1.90. The second kappa shape index (κ2) is 4.40. The third kappa shape index (κ3) is 4.46. The normalized spacial score (nSPS) is 11.3. The Hall–Kier alpha value is -0.420. The zero-order valence-electron chi connectivity index (χ0n) is 5.75. The number of rotatable bonds is 5. The second-order valence-electron chi connectivity index (χ2n) is 1.77. The van der Waals surface area contributed by atoms with Crippen molar-refractivity contribution in [2.45, 2.75) is 12.8 Å². The van der Waals surface area contributed by atoms with E-state index in [2.05, 4.69) is 4.72 Å². The molecule has 0 rings (SSSR count). The zero-order valence-corrected chi connectivity index (χ0v) is 6.57. The molecule has 0 aliphatic heterocycles. The van der Waals surface area contributed by atoms with Gasteiger partial charge in [0.05, 0.1) is 5.75 Å². The van der Waals surface area contributed by atoms with Crippen molar-refractivity contribution in [1.82, 2.24) is 4.72 Å². The molecule has 1 radical (unpaired) electrons. The molecule has 59 valence electrons. The molecule has 0 saturated heterocycles. The first-order valence-electron chi connectivity index (χ1n) is 2.88. The van der Waals surface area contributed by atoms with Gasteiger partial charge in [-0.2, -0.15) is 0 Å². The molecule has 10 heavy (non-hydrogen) atoms. The predicted octanol–water partition coefficient (Wildman–Crippen LogP) is -0.575. The van der Waals surface area contributed by atoms with Crippen molar-refractivity contribution in [3.05, 3.63) is 0 Å². The molecule has 0 unspecified atom stereocenters. The molecule has 1 N–H and O–H groups in total. The lowest BCUT2D eigenvalue weighted by Crippen LogP contribution is -2.21. The average molecular weight is 164 g/mol. The molecule has 0 aromatic rings. The van der Waals surface area contributed by atoms with Gasteiger partial charge in [0.1, 0.15) is 0 Å². The molecule has 0 aliphatic rings. The van der Waals surface area contributed by atoms with E-state index in [0.717, 1.165) is 0 Å². The van der Waals surface area contributed by atoms with E-state index in [4.69, 9.17) is 0 Å². The molecule has 0 aromatic heterocycles. The van der Waals surface area contributed by atoms with Crippen LogP contribution in [0.3, 0.4) is 0 Å². The fourth-order valence-electron chi connectivity index (χ4n) is 0.436. The van der Waals surface area contributed by atoms with Gasteiger partial charge in [0.25, 0.3) is 0 Å². The topological polar surface area (TPSA) is 63.2 Å². The molecule has 5 heteroatoms. The first kappa shape index (κ1) is 9.58. The summed E-state index contributed by atoms with van der Waals surface area (Å²) in [4.78, 5) is 9.64. The Labute approximate surface area is 60.7 Å². The van der Waals surface area contributed by atoms with Crippen LogP contribution in [0.1, 0.15) is 12.8 Å². The van der Waals surface area contributed by atoms with Crippen molar-refractivity contribution >= 4 is 16.3 Å². The molecular weight excluding hydrogens is 154 g/mol. The molecule has 0 bridgehead atoms. The maximum Gasteiger partial charge on any atom is 0.211 e. The highest BCUT2D eigenvalue weighted by molar-refractivity contribution is 7.89. The first-order chi connectivity index (χ1) is 4.62. The van der Waals surface area contributed by atoms with Gasteiger partial charge in [0.15, 0.2) is 6.29 Å². The van der Waals surface area contributed by atoms with Crippen LogP contribution in [0.5, 0.6) is 0 Å². The average Bonchev–Trinajstić information content (AvgIpc) is 1.89. The van der Waals surface area contributed by atoms with Crippen molar-refractivity contribution in [2.24, 2.45) is 0 Å². The first-order valence-corrected chi connectivity index (χ1v) is 4.54. The van der Waals surface area contributed by atoms with Crippen LogP contribution in [0.2, 0.25) is 0 Å². The smallest absolute Gasteiger partial charge is 0.211 e. The van der Waals surface area contributed by atoms with E-state index in [-0.39, 0.29) is 12.2 Å². The van der Waals surface area contributed by atoms with Crippen LogP contribution in [-0.4, -0.2) is 27.5 Å². The van der Waals surface area contributed by atoms with Gasteiger partial charge in [0.2, 0.25) is 10.0 Å². The maximum absolute atomic E-state index is 10.6. The number of nitrogens with one attached hydrogen (secondary N) is 1. The van der Waals surface area contributed by atoms with Crippen LogP contribution < -0.4 is 4.72 Å². The highest BCUT2D eigenvalue weighted by Gasteiger charge is 2.04. The summed E-state index contributed by atoms with van der Waals surface area (Å²) in [6, 6.07) is 0. The quantitative estimate of drug-likeness (QED) is 0.553. The van der Waals surface area contributed by atoms with Gasteiger partial charge in [-0.05, 0) is 13.5 Å². The summed E-state index contributed by atoms with van der Waals surface area (Å²) in [6.07, 6.45) is 2.14. The van der Waals surface area contributed by atoms with Crippen molar-refractivity contribution in [3.8, 4) is 0 Å². The minimum atomic E-state index is -3.12. The summed E-state index contributed by atoms with van der Waals surface area (Å²) in [5.74, 6) is -0.00125. The monoisotopic (exact) mass is 164 g/mol. The largest absolute Gasteiger partial charge is 0.291 e. The maximum atomic E-state index is 10.6. The summed E-state index contributed by atoms with van der Waals surface area (Å²) in [5.41, 5.74) is 0. The fraction of sp³-hybridized carbons (Fsp3) is 0.800. The SMILES string of the molecule is CNS(=O)(=O)CCC[C]=O. The lowest BCUT2D eigenvalue weighted by Gasteiger charge is -1.97. The molecule has 0 fully saturated rings. The van der Waals surface area contributed by atoms with Gasteiger partial charge in [-0.1, -0.05) is 0 Å². The summed E-state index contributed by atoms with van der Waals surface area (Å²) in [7, 11) is -1.77. The van der Waals surface area contributed by atoms with Crippen LogP contribution >= 0.6 is 0 Å². The zero-order chi connectivity index (χ0) is 8.04. The minimum Gasteiger partial charge on any atom is -0.291 e. The van der Waals surface area contributed by atoms with Gasteiger partial charge >= 0.3 is 0 Å². The Bertz CT molecular complexity index is 185. The Morgan fingerprint density at radius 2 is 2.10 bits per heavy atom. The number of hydrogen-bond donors (Lipinski definition) is 1. The van der Waals surface area contributed by atoms with Gasteiger partial charge in [-0.3, -0.25) is 4.79 Å². The van der Waals surface area contributed by atoms with Gasteiger partial charge in [0, 0.05) is 6.42 Å². The summed E-state index contributed by atoms with van der Waals surface area (Å²) >= 11 is 0. The standard InChI is InChI=1S/C5H10NO3S/c1-6-10(8,9)5-3-2-4-7/h6H,2-3,5H2,1H3. The van der Waals surface area contributed by atoms with Gasteiger partial charge in [-0.15, -0.1) is 0 Å². The van der Waals surface area contributed by atoms with Crippen molar-refractivity contribution in [3.63, 3.8) is 0 Å². The highest BCUT2D eigenvalue weighted by atomic mass is 32.2. The molecule has 0 saturated carbocycles. The molecule has 0 spiro atoms. The van der Waals surface area contributed by atoms with Crippen LogP contribution in [0.15, 0.2) is 0 Å². The molecule has 0 aliphatic carbocycles. The van der Waals surface area contributed by atoms with Crippen LogP contribution in [0.25, 0.3) is 0 Å². The predicted molar refractivity (Wildman–Crippen MR) is 37.8 cm³/mol. The number of hydrogen-bond acceptors (Lipinski definition) is 3. The van der Waals surface area contributed by atoms with E-state index in [1.165, 1.54) is 7.05 Å². The van der Waals surface area contributed by atoms with E-state index >= 15 is 0 Å². The Balaban J connectivity index is 3.58. The lowest BCUT2D eigenvalue weighted by atomic mass is 10.4. The van der Waals surface area contributed by atoms with Crippen LogP contribution in [0.4, 0.5) is 0 Å². The van der Waals surface area contributed by atoms with E-state index in [9.17, 15) is 13.2 Å². The van der Waals surface area contributed by atoms with E-state index in [1.807, 2.05) is 0 Å². The van der Waals surface area contributed by atoms with Crippen molar-refractivity contribution < 1.29 is 13.2 Å². The van der Waals surface area contributed by atoms with E-state index in [1.54, 1.807) is 6.29 Å². The molecule has 0 aromatic carbocycles. The Morgan fingerprint density at radius 1 is 1.50 bits per heavy atom. The van der Waals surface area contributed by atoms with Gasteiger partial charge in [-0.25, -0.2) is 13.1 Å². The van der Waals surface area contributed by atoms with Crippen LogP contribution in [-0.2, 0) is 14.8 Å². The van der Waals surface area contributed by atoms with Gasteiger partial charge < -0.3 is 0 Å². The van der Waals surface area contributed by atoms with E-state index < -0.39 is 10.0 Å². The molecule has 0 heterocycles. The van der Waals surface area contributed by atoms with Crippen molar-refractivity contribution in [1.29, 1.82) is 0 Å². The Kier molecular flexibility index (Phi) is 4.22. The molecule has 0 amide bonds. The Morgan fingerprint density at radius 3 is 2.50 bits per heavy atom. The van der Waals surface area contributed by atoms with Crippen molar-refractivity contribution in [2.75, 3.05) is 12.8 Å². The summed E-state index contributed by atoms with van der Waals surface area (Å²) in [5, 5.41) is 0. The fourth-order valence-corrected chi connectivity index (χ4v) is 1.16.